The third-order valence-corrected chi connectivity index (χ3v) is 2.19. The van der Waals surface area contributed by atoms with Gasteiger partial charge in [0, 0.05) is 11.6 Å². The molecular formula is C8H10O4S. The highest BCUT2D eigenvalue weighted by Gasteiger charge is 2.03. The first-order chi connectivity index (χ1) is 6.13. The van der Waals surface area contributed by atoms with Crippen molar-refractivity contribution in [2.45, 2.75) is 5.75 Å². The van der Waals surface area contributed by atoms with Gasteiger partial charge in [0.1, 0.15) is 22.2 Å². The minimum Gasteiger partial charge on any atom is -0.507 e. The summed E-state index contributed by atoms with van der Waals surface area (Å²) >= 11 is 0. The smallest absolute Gasteiger partial charge is 0.144 e. The number of rotatable bonds is 3. The lowest BCUT2D eigenvalue weighted by atomic mass is 10.2. The molecule has 0 saturated heterocycles. The molecule has 1 rings (SSSR count). The largest absolute Gasteiger partial charge is 0.507 e. The molecule has 72 valence electrons. The van der Waals surface area contributed by atoms with Crippen molar-refractivity contribution < 1.29 is 18.3 Å². The van der Waals surface area contributed by atoms with E-state index in [1.54, 1.807) is 6.07 Å². The molecule has 0 atom stereocenters. The third-order valence-electron chi connectivity index (χ3n) is 1.59. The average molecular weight is 202 g/mol. The van der Waals surface area contributed by atoms with Crippen LogP contribution >= 0.6 is 0 Å². The normalized spacial score (nSPS) is 10.3. The van der Waals surface area contributed by atoms with Crippen molar-refractivity contribution in [2.75, 3.05) is 7.11 Å². The minimum absolute atomic E-state index is 0.0569. The molecule has 4 nitrogen and oxygen atoms in total. The summed E-state index contributed by atoms with van der Waals surface area (Å²) in [5.74, 6) is 0.298. The van der Waals surface area contributed by atoms with Crippen molar-refractivity contribution in [3.63, 3.8) is 0 Å². The Hall–Kier alpha value is -1.23. The number of phenols is 1. The molecule has 0 spiro atoms. The van der Waals surface area contributed by atoms with Crippen LogP contribution in [0.4, 0.5) is 0 Å². The van der Waals surface area contributed by atoms with E-state index >= 15 is 0 Å². The second kappa shape index (κ2) is 4.13. The Morgan fingerprint density at radius 1 is 1.46 bits per heavy atom. The Bertz CT molecular complexity index is 362. The Labute approximate surface area is 77.7 Å². The molecule has 1 aromatic carbocycles. The average Bonchev–Trinajstić information content (AvgIpc) is 2.08. The zero-order valence-electron chi connectivity index (χ0n) is 7.06. The monoisotopic (exact) mass is 202 g/mol. The van der Waals surface area contributed by atoms with Gasteiger partial charge in [-0.1, -0.05) is 6.07 Å². The van der Waals surface area contributed by atoms with Crippen LogP contribution in [0.2, 0.25) is 0 Å². The number of phenolic OH excluding ortho intramolecular Hbond substituents is 1. The number of methoxy groups -OCH3 is 1. The first-order valence-electron chi connectivity index (χ1n) is 3.61. The SMILES string of the molecule is COc1ccc(C[SH](=O)=O)c(O)c1. The van der Waals surface area contributed by atoms with Crippen molar-refractivity contribution >= 4 is 10.7 Å². The van der Waals surface area contributed by atoms with E-state index in [0.29, 0.717) is 11.3 Å². The molecule has 13 heavy (non-hydrogen) atoms. The summed E-state index contributed by atoms with van der Waals surface area (Å²) in [6, 6.07) is 4.52. The summed E-state index contributed by atoms with van der Waals surface area (Å²) in [6.07, 6.45) is 0. The summed E-state index contributed by atoms with van der Waals surface area (Å²) in [5.41, 5.74) is 0.386. The molecular weight excluding hydrogens is 192 g/mol. The minimum atomic E-state index is -2.51. The maximum absolute atomic E-state index is 10.4. The third kappa shape index (κ3) is 2.62. The quantitative estimate of drug-likeness (QED) is 0.701. The van der Waals surface area contributed by atoms with Crippen LogP contribution in [0.25, 0.3) is 0 Å². The predicted octanol–water partition coefficient (Wildman–Crippen LogP) is 0.512. The zero-order chi connectivity index (χ0) is 9.84. The molecule has 0 heterocycles. The van der Waals surface area contributed by atoms with Crippen LogP contribution in [-0.2, 0) is 16.5 Å². The van der Waals surface area contributed by atoms with Crippen LogP contribution in [0.3, 0.4) is 0 Å². The van der Waals surface area contributed by atoms with Gasteiger partial charge in [-0.3, -0.25) is 0 Å². The zero-order valence-corrected chi connectivity index (χ0v) is 7.95. The predicted molar refractivity (Wildman–Crippen MR) is 48.7 cm³/mol. The van der Waals surface area contributed by atoms with Crippen molar-refractivity contribution in [3.8, 4) is 11.5 Å². The fourth-order valence-electron chi connectivity index (χ4n) is 0.943. The summed E-state index contributed by atoms with van der Waals surface area (Å²) < 4.78 is 25.6. The van der Waals surface area contributed by atoms with Gasteiger partial charge in [-0.25, -0.2) is 8.42 Å². The van der Waals surface area contributed by atoms with Crippen molar-refractivity contribution in [1.82, 2.24) is 0 Å². The maximum atomic E-state index is 10.4. The molecule has 5 heteroatoms. The Morgan fingerprint density at radius 3 is 2.62 bits per heavy atom. The van der Waals surface area contributed by atoms with Gasteiger partial charge in [0.05, 0.1) is 12.9 Å². The molecule has 0 unspecified atom stereocenters. The van der Waals surface area contributed by atoms with Crippen molar-refractivity contribution in [2.24, 2.45) is 0 Å². The molecule has 0 aliphatic rings. The molecule has 0 aliphatic carbocycles. The molecule has 0 aliphatic heterocycles. The summed E-state index contributed by atoms with van der Waals surface area (Å²) in [6.45, 7) is 0. The molecule has 1 aromatic rings. The van der Waals surface area contributed by atoms with Crippen LogP contribution in [0.5, 0.6) is 11.5 Å². The topological polar surface area (TPSA) is 63.6 Å². The molecule has 0 amide bonds. The molecule has 0 saturated carbocycles. The molecule has 0 fully saturated rings. The number of hydrogen-bond acceptors (Lipinski definition) is 4. The lowest BCUT2D eigenvalue weighted by Crippen LogP contribution is -1.89. The van der Waals surface area contributed by atoms with E-state index < -0.39 is 10.7 Å². The van der Waals surface area contributed by atoms with E-state index in [-0.39, 0.29) is 11.5 Å². The van der Waals surface area contributed by atoms with E-state index in [1.165, 1.54) is 19.2 Å². The number of aromatic hydroxyl groups is 1. The highest BCUT2D eigenvalue weighted by Crippen LogP contribution is 2.23. The number of thiol groups is 1. The molecule has 1 N–H and O–H groups in total. The number of hydrogen-bond donors (Lipinski definition) is 2. The van der Waals surface area contributed by atoms with Gasteiger partial charge in [-0.15, -0.1) is 0 Å². The summed E-state index contributed by atoms with van der Waals surface area (Å²) in [5, 5.41) is 9.32. The fourth-order valence-corrected chi connectivity index (χ4v) is 1.49. The van der Waals surface area contributed by atoms with Gasteiger partial charge < -0.3 is 9.84 Å². The van der Waals surface area contributed by atoms with E-state index in [9.17, 15) is 13.5 Å². The standard InChI is InChI=1S/C8H10O4S/c1-12-7-3-2-6(5-13(10)11)8(9)4-7/h2-4,9,13H,5H2,1H3. The lowest BCUT2D eigenvalue weighted by molar-refractivity contribution is 0.406. The molecule has 0 aromatic heterocycles. The molecule has 0 radical (unpaired) electrons. The molecule has 0 bridgehead atoms. The lowest BCUT2D eigenvalue weighted by Gasteiger charge is -2.03. The number of ether oxygens (including phenoxy) is 1. The van der Waals surface area contributed by atoms with Gasteiger partial charge in [0.2, 0.25) is 0 Å². The van der Waals surface area contributed by atoms with Crippen molar-refractivity contribution in [1.29, 1.82) is 0 Å². The highest BCUT2D eigenvalue weighted by molar-refractivity contribution is 7.71. The Balaban J connectivity index is 2.98. The van der Waals surface area contributed by atoms with Crippen LogP contribution in [0, 0.1) is 0 Å². The second-order valence-corrected chi connectivity index (χ2v) is 3.47. The Kier molecular flexibility index (Phi) is 3.13. The van der Waals surface area contributed by atoms with E-state index in [0.717, 1.165) is 0 Å². The van der Waals surface area contributed by atoms with Gasteiger partial charge in [-0.05, 0) is 6.07 Å². The van der Waals surface area contributed by atoms with E-state index in [1.807, 2.05) is 0 Å². The van der Waals surface area contributed by atoms with Gasteiger partial charge in [0.15, 0.2) is 0 Å². The first kappa shape index (κ1) is 9.85. The van der Waals surface area contributed by atoms with Crippen LogP contribution < -0.4 is 4.74 Å². The number of benzene rings is 1. The van der Waals surface area contributed by atoms with Gasteiger partial charge >= 0.3 is 0 Å². The van der Waals surface area contributed by atoms with Gasteiger partial charge in [-0.2, -0.15) is 0 Å². The van der Waals surface area contributed by atoms with E-state index in [2.05, 4.69) is 0 Å². The van der Waals surface area contributed by atoms with E-state index in [4.69, 9.17) is 4.74 Å². The maximum Gasteiger partial charge on any atom is 0.144 e. The second-order valence-electron chi connectivity index (χ2n) is 2.49. The van der Waals surface area contributed by atoms with Crippen LogP contribution in [0.1, 0.15) is 5.56 Å². The Morgan fingerprint density at radius 2 is 2.15 bits per heavy atom. The van der Waals surface area contributed by atoms with Gasteiger partial charge in [0.25, 0.3) is 0 Å². The summed E-state index contributed by atoms with van der Waals surface area (Å²) in [7, 11) is -1.03. The first-order valence-corrected chi connectivity index (χ1v) is 4.97. The summed E-state index contributed by atoms with van der Waals surface area (Å²) in [4.78, 5) is 0. The highest BCUT2D eigenvalue weighted by atomic mass is 32.2. The van der Waals surface area contributed by atoms with Crippen molar-refractivity contribution in [3.05, 3.63) is 23.8 Å². The van der Waals surface area contributed by atoms with Crippen LogP contribution in [-0.4, -0.2) is 20.6 Å². The van der Waals surface area contributed by atoms with Crippen LogP contribution in [0.15, 0.2) is 18.2 Å². The fraction of sp³-hybridized carbons (Fsp3) is 0.250.